The maximum Gasteiger partial charge on any atom is 0.403 e. The Kier molecular flexibility index (Phi) is 2.25. The molecular weight excluding hydrogens is 288 g/mol. The second-order valence-corrected chi connectivity index (χ2v) is 6.60. The molecule has 23 heavy (non-hydrogen) atoms. The second-order valence-electron chi connectivity index (χ2n) is 6.60. The zero-order valence-corrected chi connectivity index (χ0v) is 12.8. The van der Waals surface area contributed by atoms with Gasteiger partial charge in [0.2, 0.25) is 11.1 Å². The maximum atomic E-state index is 12.4. The lowest BCUT2D eigenvalue weighted by Crippen LogP contribution is -2.54. The van der Waals surface area contributed by atoms with Gasteiger partial charge in [0.15, 0.2) is 0 Å². The average molecular weight is 304 g/mol. The number of hydrogen-bond donors (Lipinski definition) is 0. The van der Waals surface area contributed by atoms with E-state index in [2.05, 4.69) is 24.2 Å². The highest BCUT2D eigenvalue weighted by molar-refractivity contribution is 5.89. The Bertz CT molecular complexity index is 935. The summed E-state index contributed by atoms with van der Waals surface area (Å²) in [7, 11) is 0. The first-order valence-electron chi connectivity index (χ1n) is 7.93. The van der Waals surface area contributed by atoms with E-state index in [0.717, 1.165) is 23.8 Å². The molecule has 4 heteroatoms. The Morgan fingerprint density at radius 2 is 1.65 bits per heavy atom. The van der Waals surface area contributed by atoms with Gasteiger partial charge in [0.1, 0.15) is 0 Å². The molecule has 114 valence electrons. The van der Waals surface area contributed by atoms with Crippen LogP contribution in [-0.2, 0) is 11.1 Å². The molecule has 1 aliphatic heterocycles. The third-order valence-corrected chi connectivity index (χ3v) is 5.41. The largest absolute Gasteiger partial charge is 0.854 e. The van der Waals surface area contributed by atoms with Gasteiger partial charge in [0, 0.05) is 23.8 Å². The van der Waals surface area contributed by atoms with Gasteiger partial charge in [-0.2, -0.15) is 0 Å². The molecule has 0 bridgehead atoms. The summed E-state index contributed by atoms with van der Waals surface area (Å²) in [6.45, 7) is 2.11. The number of aromatic nitrogens is 2. The van der Waals surface area contributed by atoms with Crippen molar-refractivity contribution in [3.63, 3.8) is 0 Å². The lowest BCUT2D eigenvalue weighted by Gasteiger charge is -2.25. The van der Waals surface area contributed by atoms with Crippen molar-refractivity contribution in [3.8, 4) is 11.8 Å². The van der Waals surface area contributed by atoms with E-state index in [1.807, 2.05) is 47.1 Å². The summed E-state index contributed by atoms with van der Waals surface area (Å²) in [5.74, 6) is 0.528. The summed E-state index contributed by atoms with van der Waals surface area (Å²) in [6, 6.07) is 17.8. The van der Waals surface area contributed by atoms with Gasteiger partial charge in [-0.1, -0.05) is 48.5 Å². The van der Waals surface area contributed by atoms with Gasteiger partial charge in [-0.05, 0) is 22.8 Å². The van der Waals surface area contributed by atoms with Crippen LogP contribution in [0.3, 0.4) is 0 Å². The van der Waals surface area contributed by atoms with Crippen LogP contribution in [0, 0.1) is 0 Å². The number of benzene rings is 2. The van der Waals surface area contributed by atoms with E-state index in [4.69, 9.17) is 4.74 Å². The first-order chi connectivity index (χ1) is 11.2. The van der Waals surface area contributed by atoms with Crippen molar-refractivity contribution in [2.24, 2.45) is 0 Å². The minimum absolute atomic E-state index is 0.184. The highest BCUT2D eigenvalue weighted by atomic mass is 16.5. The van der Waals surface area contributed by atoms with E-state index in [1.54, 1.807) is 0 Å². The van der Waals surface area contributed by atoms with Gasteiger partial charge in [0.25, 0.3) is 0 Å². The van der Waals surface area contributed by atoms with Gasteiger partial charge in [-0.3, -0.25) is 0 Å². The third kappa shape index (κ3) is 1.46. The maximum absolute atomic E-state index is 12.4. The highest BCUT2D eigenvalue weighted by Crippen LogP contribution is 2.59. The minimum atomic E-state index is -0.495. The first-order valence-corrected chi connectivity index (χ1v) is 7.93. The molecule has 2 aliphatic rings. The number of hydrogen-bond acceptors (Lipinski definition) is 3. The molecule has 1 aromatic heterocycles. The summed E-state index contributed by atoms with van der Waals surface area (Å²) >= 11 is 0. The molecular formula is C19H16N2O2. The van der Waals surface area contributed by atoms with Gasteiger partial charge in [-0.25, -0.2) is 0 Å². The van der Waals surface area contributed by atoms with Crippen molar-refractivity contribution in [2.75, 3.05) is 0 Å². The normalized spacial score (nSPS) is 23.7. The van der Waals surface area contributed by atoms with Crippen LogP contribution in [0.1, 0.15) is 25.3 Å². The highest BCUT2D eigenvalue weighted by Gasteiger charge is 2.75. The van der Waals surface area contributed by atoms with Gasteiger partial charge in [0.05, 0.1) is 11.3 Å². The van der Waals surface area contributed by atoms with E-state index in [0.29, 0.717) is 11.3 Å². The standard InChI is InChI=1S/C19H16N2O2/c1-18(13-7-3-2-4-8-13)19(11-12-19)21-17(23-18)15-10-6-5-9-14(15)16(22)20-21/h2-10H,11-12H2,1H3. The van der Waals surface area contributed by atoms with Crippen LogP contribution >= 0.6 is 0 Å². The van der Waals surface area contributed by atoms with E-state index < -0.39 is 5.60 Å². The quantitative estimate of drug-likeness (QED) is 0.649. The van der Waals surface area contributed by atoms with Crippen LogP contribution in [0.25, 0.3) is 10.8 Å². The van der Waals surface area contributed by atoms with Crippen molar-refractivity contribution in [1.82, 2.24) is 5.10 Å². The summed E-state index contributed by atoms with van der Waals surface area (Å²) in [4.78, 5) is 0. The van der Waals surface area contributed by atoms with Crippen LogP contribution in [0.4, 0.5) is 0 Å². The summed E-state index contributed by atoms with van der Waals surface area (Å²) in [6.07, 6.45) is 1.95. The van der Waals surface area contributed by atoms with Crippen LogP contribution in [-0.4, -0.2) is 5.10 Å². The molecule has 5 rings (SSSR count). The lowest BCUT2D eigenvalue weighted by molar-refractivity contribution is -0.783. The number of rotatable bonds is 1. The molecule has 0 N–H and O–H groups in total. The van der Waals surface area contributed by atoms with Crippen molar-refractivity contribution < 1.29 is 14.5 Å². The smallest absolute Gasteiger partial charge is 0.403 e. The topological polar surface area (TPSA) is 49.1 Å². The van der Waals surface area contributed by atoms with Crippen LogP contribution in [0.2, 0.25) is 0 Å². The zero-order valence-electron chi connectivity index (χ0n) is 12.8. The fourth-order valence-corrected chi connectivity index (χ4v) is 3.93. The molecule has 1 unspecified atom stereocenters. The molecule has 0 amide bonds. The molecule has 3 aromatic rings. The molecule has 0 saturated heterocycles. The van der Waals surface area contributed by atoms with Crippen molar-refractivity contribution in [1.29, 1.82) is 0 Å². The fourth-order valence-electron chi connectivity index (χ4n) is 3.93. The van der Waals surface area contributed by atoms with Crippen molar-refractivity contribution in [3.05, 3.63) is 60.2 Å². The molecule has 4 nitrogen and oxygen atoms in total. The zero-order chi connectivity index (χ0) is 15.7. The summed E-state index contributed by atoms with van der Waals surface area (Å²) < 4.78 is 8.34. The predicted octanol–water partition coefficient (Wildman–Crippen LogP) is 2.39. The van der Waals surface area contributed by atoms with Gasteiger partial charge >= 0.3 is 5.88 Å². The van der Waals surface area contributed by atoms with Crippen molar-refractivity contribution in [2.45, 2.75) is 30.9 Å². The lowest BCUT2D eigenvalue weighted by atomic mass is 9.86. The Hall–Kier alpha value is -2.62. The Morgan fingerprint density at radius 3 is 2.35 bits per heavy atom. The molecule has 1 atom stereocenters. The number of fused-ring (bicyclic) bond motifs is 4. The number of nitrogens with zero attached hydrogens (tertiary/aromatic N) is 2. The Labute approximate surface area is 134 Å². The summed E-state index contributed by atoms with van der Waals surface area (Å²) in [5.41, 5.74) is 0.386. The first kappa shape index (κ1) is 12.9. The molecule has 1 spiro atoms. The predicted molar refractivity (Wildman–Crippen MR) is 83.0 cm³/mol. The van der Waals surface area contributed by atoms with E-state index in [9.17, 15) is 5.11 Å². The van der Waals surface area contributed by atoms with Crippen LogP contribution in [0.5, 0.6) is 11.8 Å². The van der Waals surface area contributed by atoms with Gasteiger partial charge < -0.3 is 9.84 Å². The molecule has 1 aliphatic carbocycles. The molecule has 2 heterocycles. The average Bonchev–Trinajstić information content (AvgIpc) is 3.36. The monoisotopic (exact) mass is 304 g/mol. The second kappa shape index (κ2) is 4.02. The van der Waals surface area contributed by atoms with Crippen LogP contribution in [0.15, 0.2) is 54.6 Å². The SMILES string of the molecule is CC1(c2ccccc2)Oc2c3ccccc3c([O-])n[n+]2C12CC2. The van der Waals surface area contributed by atoms with E-state index >= 15 is 0 Å². The molecule has 1 saturated carbocycles. The molecule has 1 fully saturated rings. The molecule has 0 radical (unpaired) electrons. The Morgan fingerprint density at radius 1 is 1.00 bits per heavy atom. The van der Waals surface area contributed by atoms with E-state index in [1.165, 1.54) is 0 Å². The van der Waals surface area contributed by atoms with Crippen molar-refractivity contribution >= 4 is 10.8 Å². The minimum Gasteiger partial charge on any atom is -0.854 e. The third-order valence-electron chi connectivity index (χ3n) is 5.41. The summed E-state index contributed by atoms with van der Waals surface area (Å²) in [5, 5.41) is 18.2. The van der Waals surface area contributed by atoms with Gasteiger partial charge in [-0.15, -0.1) is 0 Å². The van der Waals surface area contributed by atoms with E-state index in [-0.39, 0.29) is 11.4 Å². The van der Waals surface area contributed by atoms with Crippen LogP contribution < -0.4 is 14.5 Å². The Balaban J connectivity index is 1.81. The number of ether oxygens (including phenoxy) is 1. The fraction of sp³-hybridized carbons (Fsp3) is 0.263. The molecule has 2 aromatic carbocycles.